The molecule has 22 heavy (non-hydrogen) atoms. The number of halogens is 1. The molecule has 0 spiro atoms. The summed E-state index contributed by atoms with van der Waals surface area (Å²) in [6, 6.07) is 8.51. The van der Waals surface area contributed by atoms with E-state index in [1.54, 1.807) is 0 Å². The molecule has 1 rings (SSSR count). The van der Waals surface area contributed by atoms with Crippen LogP contribution in [0, 0.1) is 0 Å². The maximum Gasteiger partial charge on any atom is 0.191 e. The normalized spacial score (nSPS) is 11.2. The zero-order valence-corrected chi connectivity index (χ0v) is 17.2. The monoisotopic (exact) mass is 436 g/mol. The minimum Gasteiger partial charge on any atom is -0.357 e. The molecule has 126 valence electrons. The summed E-state index contributed by atoms with van der Waals surface area (Å²) in [7, 11) is 4.18. The highest BCUT2D eigenvalue weighted by atomic mass is 127. The van der Waals surface area contributed by atoms with Gasteiger partial charge in [0.05, 0.1) is 6.54 Å². The number of hydrogen-bond donors (Lipinski definition) is 2. The van der Waals surface area contributed by atoms with Crippen molar-refractivity contribution < 1.29 is 0 Å². The molecular weight excluding hydrogens is 407 g/mol. The van der Waals surface area contributed by atoms with E-state index in [9.17, 15) is 0 Å². The van der Waals surface area contributed by atoms with E-state index in [4.69, 9.17) is 4.99 Å². The predicted molar refractivity (Wildman–Crippen MR) is 110 cm³/mol. The van der Waals surface area contributed by atoms with E-state index >= 15 is 0 Å². The van der Waals surface area contributed by atoms with Gasteiger partial charge in [-0.3, -0.25) is 0 Å². The summed E-state index contributed by atoms with van der Waals surface area (Å²) < 4.78 is 0. The van der Waals surface area contributed by atoms with Gasteiger partial charge in [-0.15, -0.1) is 24.0 Å². The first-order valence-corrected chi connectivity index (χ1v) is 8.79. The molecule has 1 aromatic carbocycles. The van der Waals surface area contributed by atoms with Crippen LogP contribution in [-0.2, 0) is 13.1 Å². The Kier molecular flexibility index (Phi) is 12.7. The number of hydrogen-bond acceptors (Lipinski definition) is 3. The second kappa shape index (κ2) is 13.0. The van der Waals surface area contributed by atoms with Crippen LogP contribution in [0.1, 0.15) is 18.1 Å². The third kappa shape index (κ3) is 8.85. The van der Waals surface area contributed by atoms with E-state index in [0.29, 0.717) is 6.54 Å². The van der Waals surface area contributed by atoms with Crippen molar-refractivity contribution in [3.8, 4) is 0 Å². The zero-order valence-electron chi connectivity index (χ0n) is 14.1. The lowest BCUT2D eigenvalue weighted by atomic mass is 10.1. The van der Waals surface area contributed by atoms with Crippen LogP contribution in [0.5, 0.6) is 0 Å². The Labute approximate surface area is 156 Å². The van der Waals surface area contributed by atoms with Crippen molar-refractivity contribution in [3.05, 3.63) is 35.4 Å². The second-order valence-electron chi connectivity index (χ2n) is 5.12. The molecular formula is C16H29IN4S. The fourth-order valence-corrected chi connectivity index (χ4v) is 2.29. The van der Waals surface area contributed by atoms with Gasteiger partial charge in [0.15, 0.2) is 5.96 Å². The first kappa shape index (κ1) is 21.5. The number of guanidine groups is 1. The molecule has 0 fully saturated rings. The summed E-state index contributed by atoms with van der Waals surface area (Å²) in [5, 5.41) is 6.65. The van der Waals surface area contributed by atoms with Crippen LogP contribution in [0.25, 0.3) is 0 Å². The number of aliphatic imine (C=N–C) groups is 1. The molecule has 0 radical (unpaired) electrons. The van der Waals surface area contributed by atoms with Crippen molar-refractivity contribution >= 4 is 41.7 Å². The third-order valence-corrected chi connectivity index (χ3v) is 3.57. The Morgan fingerprint density at radius 2 is 1.86 bits per heavy atom. The van der Waals surface area contributed by atoms with E-state index in [1.165, 1.54) is 11.1 Å². The van der Waals surface area contributed by atoms with Crippen LogP contribution >= 0.6 is 35.7 Å². The van der Waals surface area contributed by atoms with Crippen LogP contribution in [0.3, 0.4) is 0 Å². The standard InChI is InChI=1S/C16H28N4S.HI/c1-5-17-16(18-10-11-21-4)19-12-14-8-6-7-9-15(14)13-20(2)3;/h6-9H,5,10-13H2,1-4H3,(H2,17,18,19);1H. The second-order valence-corrected chi connectivity index (χ2v) is 6.11. The van der Waals surface area contributed by atoms with Crippen LogP contribution in [-0.4, -0.2) is 50.1 Å². The Morgan fingerprint density at radius 3 is 2.45 bits per heavy atom. The molecule has 0 aliphatic rings. The van der Waals surface area contributed by atoms with E-state index < -0.39 is 0 Å². The van der Waals surface area contributed by atoms with Crippen molar-refractivity contribution in [1.29, 1.82) is 0 Å². The van der Waals surface area contributed by atoms with E-state index in [0.717, 1.165) is 31.3 Å². The van der Waals surface area contributed by atoms with Crippen molar-refractivity contribution in [1.82, 2.24) is 15.5 Å². The van der Waals surface area contributed by atoms with Crippen molar-refractivity contribution in [3.63, 3.8) is 0 Å². The summed E-state index contributed by atoms with van der Waals surface area (Å²) in [4.78, 5) is 6.88. The topological polar surface area (TPSA) is 39.7 Å². The van der Waals surface area contributed by atoms with Crippen molar-refractivity contribution in [2.45, 2.75) is 20.0 Å². The lowest BCUT2D eigenvalue weighted by Gasteiger charge is -2.14. The van der Waals surface area contributed by atoms with Crippen LogP contribution in [0.2, 0.25) is 0 Å². The fraction of sp³-hybridized carbons (Fsp3) is 0.562. The van der Waals surface area contributed by atoms with E-state index in [2.05, 4.69) is 67.1 Å². The van der Waals surface area contributed by atoms with Crippen LogP contribution < -0.4 is 10.6 Å². The van der Waals surface area contributed by atoms with Gasteiger partial charge in [0, 0.05) is 25.4 Å². The van der Waals surface area contributed by atoms with Gasteiger partial charge < -0.3 is 15.5 Å². The lowest BCUT2D eigenvalue weighted by Crippen LogP contribution is -2.38. The Balaban J connectivity index is 0.00000441. The number of thioether (sulfide) groups is 1. The molecule has 6 heteroatoms. The van der Waals surface area contributed by atoms with E-state index in [1.807, 2.05) is 11.8 Å². The average molecular weight is 436 g/mol. The molecule has 0 saturated carbocycles. The van der Waals surface area contributed by atoms with Gasteiger partial charge in [-0.25, -0.2) is 4.99 Å². The van der Waals surface area contributed by atoms with Gasteiger partial charge in [0.1, 0.15) is 0 Å². The zero-order chi connectivity index (χ0) is 15.5. The number of benzene rings is 1. The molecule has 1 aromatic rings. The minimum atomic E-state index is 0. The Hall–Kier alpha value is -0.470. The number of nitrogens with one attached hydrogen (secondary N) is 2. The first-order chi connectivity index (χ1) is 10.2. The molecule has 0 amide bonds. The maximum atomic E-state index is 4.69. The molecule has 4 nitrogen and oxygen atoms in total. The molecule has 2 N–H and O–H groups in total. The maximum absolute atomic E-state index is 4.69. The molecule has 0 aromatic heterocycles. The molecule has 0 bridgehead atoms. The predicted octanol–water partition coefficient (Wildman–Crippen LogP) is 2.78. The number of rotatable bonds is 8. The third-order valence-electron chi connectivity index (χ3n) is 2.96. The highest BCUT2D eigenvalue weighted by molar-refractivity contribution is 14.0. The molecule has 0 unspecified atom stereocenters. The minimum absolute atomic E-state index is 0. The Morgan fingerprint density at radius 1 is 1.18 bits per heavy atom. The molecule has 0 atom stereocenters. The van der Waals surface area contributed by atoms with Gasteiger partial charge in [-0.2, -0.15) is 11.8 Å². The average Bonchev–Trinajstić information content (AvgIpc) is 2.45. The lowest BCUT2D eigenvalue weighted by molar-refractivity contribution is 0.401. The van der Waals surface area contributed by atoms with Crippen LogP contribution in [0.15, 0.2) is 29.3 Å². The molecule has 0 aliphatic heterocycles. The van der Waals surface area contributed by atoms with E-state index in [-0.39, 0.29) is 24.0 Å². The smallest absolute Gasteiger partial charge is 0.191 e. The summed E-state index contributed by atoms with van der Waals surface area (Å²) in [6.45, 7) is 5.56. The van der Waals surface area contributed by atoms with Gasteiger partial charge in [0.2, 0.25) is 0 Å². The fourth-order valence-electron chi connectivity index (χ4n) is 1.98. The molecule has 0 heterocycles. The summed E-state index contributed by atoms with van der Waals surface area (Å²) in [5.74, 6) is 1.98. The van der Waals surface area contributed by atoms with Crippen molar-refractivity contribution in [2.24, 2.45) is 4.99 Å². The largest absolute Gasteiger partial charge is 0.357 e. The van der Waals surface area contributed by atoms with Crippen LogP contribution in [0.4, 0.5) is 0 Å². The number of nitrogens with zero attached hydrogens (tertiary/aromatic N) is 2. The van der Waals surface area contributed by atoms with Gasteiger partial charge >= 0.3 is 0 Å². The molecule has 0 saturated heterocycles. The summed E-state index contributed by atoms with van der Waals surface area (Å²) in [5.41, 5.74) is 2.62. The van der Waals surface area contributed by atoms with Gasteiger partial charge in [0.25, 0.3) is 0 Å². The first-order valence-electron chi connectivity index (χ1n) is 7.40. The summed E-state index contributed by atoms with van der Waals surface area (Å²) in [6.07, 6.45) is 2.11. The SMILES string of the molecule is CCNC(=NCc1ccccc1CN(C)C)NCCSC.I. The van der Waals surface area contributed by atoms with Crippen molar-refractivity contribution in [2.75, 3.05) is 39.2 Å². The highest BCUT2D eigenvalue weighted by Gasteiger charge is 2.03. The summed E-state index contributed by atoms with van der Waals surface area (Å²) >= 11 is 1.83. The Bertz CT molecular complexity index is 438. The van der Waals surface area contributed by atoms with Gasteiger partial charge in [-0.1, -0.05) is 24.3 Å². The molecule has 0 aliphatic carbocycles. The highest BCUT2D eigenvalue weighted by Crippen LogP contribution is 2.11. The quantitative estimate of drug-likeness (QED) is 0.285. The van der Waals surface area contributed by atoms with Gasteiger partial charge in [-0.05, 0) is 38.4 Å².